The van der Waals surface area contributed by atoms with E-state index in [9.17, 15) is 19.2 Å². The van der Waals surface area contributed by atoms with Gasteiger partial charge in [0.1, 0.15) is 36.3 Å². The number of hydrogen-bond acceptors (Lipinski definition) is 9. The van der Waals surface area contributed by atoms with Gasteiger partial charge in [-0.1, -0.05) is 104 Å². The van der Waals surface area contributed by atoms with Crippen LogP contribution in [0.15, 0.2) is 66.7 Å². The number of halogens is 1. The Morgan fingerprint density at radius 3 is 2.18 bits per heavy atom. The average Bonchev–Trinajstić information content (AvgIpc) is 3.94. The molecule has 14 heteroatoms. The van der Waals surface area contributed by atoms with Gasteiger partial charge >= 0.3 is 0 Å². The predicted octanol–water partition coefficient (Wildman–Crippen LogP) is 7.71. The Hall–Kier alpha value is -5.13. The van der Waals surface area contributed by atoms with Crippen LogP contribution in [-0.4, -0.2) is 105 Å². The summed E-state index contributed by atoms with van der Waals surface area (Å²) in [4.78, 5) is 55.9. The SMILES string of the molecule is C#Cc1ccc(OC2C(C)(C)C(NC(=O)c3ccc(OCCOCCOCCO[C@@H]4Cc5ccccc5[C@@H]4NC(=O)[C@@H]4CCCN4C(=O)[C@@H](NC(=O)[C@H](C)CC)C(C)(C)C)cc3)C2(C)C)cc1Cl. The number of amides is 4. The summed E-state index contributed by atoms with van der Waals surface area (Å²) in [6.07, 6.45) is 7.58. The largest absolute Gasteiger partial charge is 0.491 e. The van der Waals surface area contributed by atoms with Gasteiger partial charge in [0.05, 0.1) is 50.2 Å². The van der Waals surface area contributed by atoms with Crippen LogP contribution in [0.3, 0.4) is 0 Å². The van der Waals surface area contributed by atoms with Crippen LogP contribution in [0.2, 0.25) is 5.02 Å². The molecule has 0 bridgehead atoms. The van der Waals surface area contributed by atoms with Crippen LogP contribution in [0.5, 0.6) is 11.5 Å². The van der Waals surface area contributed by atoms with Crippen LogP contribution in [-0.2, 0) is 35.0 Å². The first-order valence-electron chi connectivity index (χ1n) is 24.0. The fraction of sp³-hybridized carbons (Fsp3) is 0.556. The van der Waals surface area contributed by atoms with E-state index in [0.717, 1.165) is 11.1 Å². The average molecular weight is 956 g/mol. The van der Waals surface area contributed by atoms with E-state index in [4.69, 9.17) is 41.7 Å². The topological polar surface area (TPSA) is 154 Å². The lowest BCUT2D eigenvalue weighted by atomic mass is 9.49. The Morgan fingerprint density at radius 2 is 1.53 bits per heavy atom. The summed E-state index contributed by atoms with van der Waals surface area (Å²) in [5.74, 6) is 2.81. The molecule has 3 aromatic rings. The smallest absolute Gasteiger partial charge is 0.251 e. The molecule has 3 aliphatic rings. The molecular weight excluding hydrogens is 884 g/mol. The van der Waals surface area contributed by atoms with Gasteiger partial charge in [-0.3, -0.25) is 19.2 Å². The molecule has 1 saturated heterocycles. The molecule has 1 heterocycles. The highest BCUT2D eigenvalue weighted by atomic mass is 35.5. The van der Waals surface area contributed by atoms with Crippen molar-refractivity contribution in [2.24, 2.45) is 22.2 Å². The Labute approximate surface area is 408 Å². The highest BCUT2D eigenvalue weighted by molar-refractivity contribution is 6.31. The zero-order valence-corrected chi connectivity index (χ0v) is 42.0. The van der Waals surface area contributed by atoms with Gasteiger partial charge in [0.25, 0.3) is 5.91 Å². The molecule has 2 fully saturated rings. The van der Waals surface area contributed by atoms with Crippen molar-refractivity contribution >= 4 is 35.2 Å². The van der Waals surface area contributed by atoms with Gasteiger partial charge in [0.2, 0.25) is 17.7 Å². The van der Waals surface area contributed by atoms with Crippen molar-refractivity contribution in [3.05, 3.63) is 94.0 Å². The molecule has 13 nitrogen and oxygen atoms in total. The van der Waals surface area contributed by atoms with Gasteiger partial charge in [-0.2, -0.15) is 0 Å². The van der Waals surface area contributed by atoms with Gasteiger partial charge < -0.3 is 44.5 Å². The van der Waals surface area contributed by atoms with E-state index in [1.807, 2.05) is 65.0 Å². The Morgan fingerprint density at radius 1 is 0.882 bits per heavy atom. The lowest BCUT2D eigenvalue weighted by molar-refractivity contribution is -0.164. The number of fused-ring (bicyclic) bond motifs is 1. The van der Waals surface area contributed by atoms with E-state index in [2.05, 4.69) is 49.6 Å². The van der Waals surface area contributed by atoms with Crippen molar-refractivity contribution in [3.63, 3.8) is 0 Å². The van der Waals surface area contributed by atoms with E-state index in [1.54, 1.807) is 41.3 Å². The molecule has 3 aromatic carbocycles. The third kappa shape index (κ3) is 12.2. The molecule has 6 rings (SSSR count). The molecule has 5 atom stereocenters. The van der Waals surface area contributed by atoms with Gasteiger partial charge in [-0.25, -0.2) is 0 Å². The highest BCUT2D eigenvalue weighted by Crippen LogP contribution is 2.55. The van der Waals surface area contributed by atoms with Crippen LogP contribution in [0.1, 0.15) is 115 Å². The zero-order valence-electron chi connectivity index (χ0n) is 41.2. The van der Waals surface area contributed by atoms with Crippen molar-refractivity contribution in [2.45, 2.75) is 124 Å². The van der Waals surface area contributed by atoms with Gasteiger partial charge in [-0.15, -0.1) is 6.42 Å². The van der Waals surface area contributed by atoms with Gasteiger partial charge in [0.15, 0.2) is 0 Å². The van der Waals surface area contributed by atoms with Crippen molar-refractivity contribution in [1.82, 2.24) is 20.9 Å². The lowest BCUT2D eigenvalue weighted by Gasteiger charge is -2.63. The quantitative estimate of drug-likeness (QED) is 0.0720. The van der Waals surface area contributed by atoms with Crippen molar-refractivity contribution in [3.8, 4) is 23.8 Å². The number of terminal acetylenes is 1. The van der Waals surface area contributed by atoms with Crippen LogP contribution in [0.25, 0.3) is 0 Å². The number of ether oxygens (including phenoxy) is 5. The zero-order chi connectivity index (χ0) is 49.4. The highest BCUT2D eigenvalue weighted by Gasteiger charge is 2.64. The first-order chi connectivity index (χ1) is 32.3. The molecule has 0 unspecified atom stereocenters. The molecule has 0 radical (unpaired) electrons. The van der Waals surface area contributed by atoms with Crippen LogP contribution in [0, 0.1) is 34.5 Å². The fourth-order valence-corrected chi connectivity index (χ4v) is 10.3. The van der Waals surface area contributed by atoms with E-state index in [0.29, 0.717) is 99.5 Å². The summed E-state index contributed by atoms with van der Waals surface area (Å²) in [5, 5.41) is 9.92. The second kappa shape index (κ2) is 22.5. The van der Waals surface area contributed by atoms with Gasteiger partial charge in [0, 0.05) is 52.9 Å². The third-order valence-corrected chi connectivity index (χ3v) is 14.1. The molecule has 1 saturated carbocycles. The molecule has 0 spiro atoms. The molecule has 0 aromatic heterocycles. The predicted molar refractivity (Wildman–Crippen MR) is 263 cm³/mol. The second-order valence-electron chi connectivity index (χ2n) is 20.5. The summed E-state index contributed by atoms with van der Waals surface area (Å²) in [7, 11) is 0. The third-order valence-electron chi connectivity index (χ3n) is 13.8. The minimum atomic E-state index is -0.755. The van der Waals surface area contributed by atoms with E-state index in [-0.39, 0.29) is 64.7 Å². The first-order valence-corrected chi connectivity index (χ1v) is 24.4. The molecule has 68 heavy (non-hydrogen) atoms. The number of nitrogens with zero attached hydrogens (tertiary/aromatic N) is 1. The lowest BCUT2D eigenvalue weighted by Crippen LogP contribution is -2.74. The summed E-state index contributed by atoms with van der Waals surface area (Å²) in [6, 6.07) is 18.4. The number of carbonyl (C=O) groups is 4. The normalized spacial score (nSPS) is 22.2. The number of benzene rings is 3. The Kier molecular flexibility index (Phi) is 17.3. The van der Waals surface area contributed by atoms with Crippen molar-refractivity contribution in [2.75, 3.05) is 46.2 Å². The molecular formula is C54H71ClN4O9. The number of rotatable bonds is 21. The standard InChI is InChI=1S/C54H71ClN4O9/c1-11-34(3)46(60)57-45(52(4,5)6)49(63)59-25-15-18-42(59)48(62)56-44-40-17-14-13-16-37(40)32-43(44)67-31-29-65-27-26-64-28-30-66-38-22-20-36(21-23-38)47(61)58-50-53(7,8)51(54(50,9)10)68-39-24-19-35(12-2)41(55)33-39/h2,13-14,16-17,19-24,33-34,42-45,50-51H,11,15,18,25-32H2,1,3-10H3,(H,56,62)(H,57,60)(H,58,61)/t34-,42+,43-,44+,45-,50?,51?/m1/s1. The summed E-state index contributed by atoms with van der Waals surface area (Å²) in [6.45, 7) is 20.5. The second-order valence-corrected chi connectivity index (χ2v) is 20.9. The molecule has 4 amide bonds. The Balaban J connectivity index is 0.885. The maximum Gasteiger partial charge on any atom is 0.251 e. The minimum absolute atomic E-state index is 0.144. The minimum Gasteiger partial charge on any atom is -0.491 e. The maximum absolute atomic E-state index is 14.0. The summed E-state index contributed by atoms with van der Waals surface area (Å²) < 4.78 is 30.1. The molecule has 3 N–H and O–H groups in total. The van der Waals surface area contributed by atoms with E-state index >= 15 is 0 Å². The number of nitrogens with one attached hydrogen (secondary N) is 3. The van der Waals surface area contributed by atoms with Crippen molar-refractivity contribution in [1.29, 1.82) is 0 Å². The van der Waals surface area contributed by atoms with E-state index in [1.165, 1.54) is 0 Å². The first kappa shape index (κ1) is 52.2. The van der Waals surface area contributed by atoms with Crippen LogP contribution < -0.4 is 25.4 Å². The number of hydrogen-bond donors (Lipinski definition) is 3. The Bertz CT molecular complexity index is 2270. The number of carbonyl (C=O) groups excluding carboxylic acids is 4. The van der Waals surface area contributed by atoms with Gasteiger partial charge in [-0.05, 0) is 72.2 Å². The van der Waals surface area contributed by atoms with Crippen molar-refractivity contribution < 1.29 is 42.9 Å². The monoisotopic (exact) mass is 954 g/mol. The molecule has 368 valence electrons. The molecule has 1 aliphatic heterocycles. The van der Waals surface area contributed by atoms with Crippen LogP contribution in [0.4, 0.5) is 0 Å². The van der Waals surface area contributed by atoms with E-state index < -0.39 is 17.5 Å². The van der Waals surface area contributed by atoms with Crippen LogP contribution >= 0.6 is 11.6 Å². The fourth-order valence-electron chi connectivity index (χ4n) is 10.1. The molecule has 2 aliphatic carbocycles. The number of likely N-dealkylation sites (tertiary alicyclic amines) is 1. The summed E-state index contributed by atoms with van der Waals surface area (Å²) in [5.41, 5.74) is 1.98. The maximum atomic E-state index is 14.0. The summed E-state index contributed by atoms with van der Waals surface area (Å²) >= 11 is 6.32.